The number of amides is 3. The molecule has 0 spiro atoms. The number of hydrogen-bond donors (Lipinski definition) is 2. The molecule has 3 amide bonds. The van der Waals surface area contributed by atoms with Crippen LogP contribution in [-0.2, 0) is 18.3 Å². The second-order valence-electron chi connectivity index (χ2n) is 6.95. The van der Waals surface area contributed by atoms with E-state index in [0.29, 0.717) is 13.0 Å². The van der Waals surface area contributed by atoms with Crippen LogP contribution in [0, 0.1) is 19.8 Å². The number of nitrogens with two attached hydrogens (primary N) is 1. The Morgan fingerprint density at radius 2 is 2.12 bits per heavy atom. The summed E-state index contributed by atoms with van der Waals surface area (Å²) >= 11 is 0. The monoisotopic (exact) mass is 335 g/mol. The van der Waals surface area contributed by atoms with Gasteiger partial charge in [0.2, 0.25) is 5.91 Å². The van der Waals surface area contributed by atoms with E-state index in [9.17, 15) is 9.59 Å². The van der Waals surface area contributed by atoms with Crippen molar-refractivity contribution >= 4 is 11.9 Å². The number of primary amides is 1. The Labute approximate surface area is 143 Å². The average molecular weight is 335 g/mol. The zero-order valence-electron chi connectivity index (χ0n) is 15.1. The maximum atomic E-state index is 12.5. The van der Waals surface area contributed by atoms with E-state index >= 15 is 0 Å². The van der Waals surface area contributed by atoms with E-state index < -0.39 is 0 Å². The molecule has 7 nitrogen and oxygen atoms in total. The highest BCUT2D eigenvalue weighted by Gasteiger charge is 2.25. The fraction of sp³-hybridized carbons (Fsp3) is 0.706. The number of urea groups is 1. The molecular weight excluding hydrogens is 306 g/mol. The first-order valence-corrected chi connectivity index (χ1v) is 8.60. The van der Waals surface area contributed by atoms with Crippen molar-refractivity contribution in [3.63, 3.8) is 0 Å². The Morgan fingerprint density at radius 3 is 2.71 bits per heavy atom. The molecule has 7 heteroatoms. The van der Waals surface area contributed by atoms with Crippen LogP contribution in [0.2, 0.25) is 0 Å². The van der Waals surface area contributed by atoms with Gasteiger partial charge in [0.05, 0.1) is 5.69 Å². The third-order valence-electron chi connectivity index (χ3n) is 4.84. The summed E-state index contributed by atoms with van der Waals surface area (Å²) < 4.78 is 1.87. The molecule has 1 fully saturated rings. The number of aromatic nitrogens is 2. The minimum Gasteiger partial charge on any atom is -0.370 e. The second kappa shape index (κ2) is 7.68. The first kappa shape index (κ1) is 18.3. The van der Waals surface area contributed by atoms with E-state index in [4.69, 9.17) is 5.73 Å². The lowest BCUT2D eigenvalue weighted by molar-refractivity contribution is -0.119. The third-order valence-corrected chi connectivity index (χ3v) is 4.84. The minimum atomic E-state index is -0.293. The van der Waals surface area contributed by atoms with Crippen LogP contribution in [0.1, 0.15) is 43.1 Å². The largest absolute Gasteiger partial charge is 0.370 e. The van der Waals surface area contributed by atoms with Crippen molar-refractivity contribution in [2.24, 2.45) is 18.7 Å². The highest BCUT2D eigenvalue weighted by atomic mass is 16.2. The van der Waals surface area contributed by atoms with Gasteiger partial charge >= 0.3 is 6.03 Å². The summed E-state index contributed by atoms with van der Waals surface area (Å²) in [5, 5.41) is 7.49. The summed E-state index contributed by atoms with van der Waals surface area (Å²) in [5.74, 6) is -0.113. The van der Waals surface area contributed by atoms with Crippen molar-refractivity contribution in [2.75, 3.05) is 13.1 Å². The molecule has 0 saturated carbocycles. The van der Waals surface area contributed by atoms with E-state index in [1.54, 1.807) is 4.90 Å². The quantitative estimate of drug-likeness (QED) is 0.848. The Balaban J connectivity index is 1.90. The van der Waals surface area contributed by atoms with Gasteiger partial charge in [-0.2, -0.15) is 5.10 Å². The number of rotatable bonds is 5. The standard InChI is InChI=1S/C17H29N5O2/c1-11(8-15-12(2)20-21(4)13(15)3)19-17(24)22-7-5-6-14(10-22)9-16(18)23/h11,14H,5-10H2,1-4H3,(H2,18,23)(H,19,24)/t11-,14+/m0/s1. The lowest BCUT2D eigenvalue weighted by Gasteiger charge is -2.33. The molecule has 0 unspecified atom stereocenters. The van der Waals surface area contributed by atoms with Crippen LogP contribution in [0.15, 0.2) is 0 Å². The molecule has 0 aliphatic carbocycles. The summed E-state index contributed by atoms with van der Waals surface area (Å²) in [7, 11) is 1.93. The van der Waals surface area contributed by atoms with Crippen LogP contribution < -0.4 is 11.1 Å². The number of aryl methyl sites for hydroxylation is 2. The first-order valence-electron chi connectivity index (χ1n) is 8.60. The van der Waals surface area contributed by atoms with Gasteiger partial charge in [-0.1, -0.05) is 0 Å². The van der Waals surface area contributed by atoms with E-state index in [-0.39, 0.29) is 23.9 Å². The summed E-state index contributed by atoms with van der Waals surface area (Å²) in [5.41, 5.74) is 8.61. The van der Waals surface area contributed by atoms with Crippen molar-refractivity contribution in [3.8, 4) is 0 Å². The fourth-order valence-corrected chi connectivity index (χ4v) is 3.47. The zero-order chi connectivity index (χ0) is 17.9. The van der Waals surface area contributed by atoms with Crippen LogP contribution >= 0.6 is 0 Å². The van der Waals surface area contributed by atoms with Crippen LogP contribution in [0.25, 0.3) is 0 Å². The van der Waals surface area contributed by atoms with Gasteiger partial charge in [0.25, 0.3) is 0 Å². The van der Waals surface area contributed by atoms with Gasteiger partial charge in [0.15, 0.2) is 0 Å². The van der Waals surface area contributed by atoms with E-state index in [1.165, 1.54) is 5.56 Å². The van der Waals surface area contributed by atoms with Crippen LogP contribution in [-0.4, -0.2) is 45.8 Å². The van der Waals surface area contributed by atoms with E-state index in [0.717, 1.165) is 37.2 Å². The fourth-order valence-electron chi connectivity index (χ4n) is 3.47. The van der Waals surface area contributed by atoms with Crippen LogP contribution in [0.5, 0.6) is 0 Å². The van der Waals surface area contributed by atoms with Gasteiger partial charge in [-0.15, -0.1) is 0 Å². The molecular formula is C17H29N5O2. The van der Waals surface area contributed by atoms with Gasteiger partial charge in [-0.25, -0.2) is 4.79 Å². The van der Waals surface area contributed by atoms with Crippen LogP contribution in [0.4, 0.5) is 4.79 Å². The van der Waals surface area contributed by atoms with Crippen molar-refractivity contribution in [1.82, 2.24) is 20.0 Å². The molecule has 2 heterocycles. The van der Waals surface area contributed by atoms with Gasteiger partial charge in [0, 0.05) is 38.3 Å². The molecule has 0 radical (unpaired) electrons. The highest BCUT2D eigenvalue weighted by molar-refractivity contribution is 5.76. The maximum Gasteiger partial charge on any atom is 0.317 e. The highest BCUT2D eigenvalue weighted by Crippen LogP contribution is 2.20. The molecule has 2 rings (SSSR count). The summed E-state index contributed by atoms with van der Waals surface area (Å²) in [6.45, 7) is 7.39. The lowest BCUT2D eigenvalue weighted by atomic mass is 9.95. The molecule has 1 aromatic rings. The first-order chi connectivity index (χ1) is 11.3. The van der Waals surface area contributed by atoms with Gasteiger partial charge in [-0.05, 0) is 51.5 Å². The molecule has 2 atom stereocenters. The summed E-state index contributed by atoms with van der Waals surface area (Å²) in [6.07, 6.45) is 2.99. The van der Waals surface area contributed by atoms with E-state index in [1.807, 2.05) is 32.5 Å². The normalized spacial score (nSPS) is 19.2. The zero-order valence-corrected chi connectivity index (χ0v) is 15.1. The predicted molar refractivity (Wildman–Crippen MR) is 92.5 cm³/mol. The Kier molecular flexibility index (Phi) is 5.85. The number of carbonyl (C=O) groups excluding carboxylic acids is 2. The smallest absolute Gasteiger partial charge is 0.317 e. The maximum absolute atomic E-state index is 12.5. The molecule has 3 N–H and O–H groups in total. The van der Waals surface area contributed by atoms with Gasteiger partial charge in [-0.3, -0.25) is 9.48 Å². The molecule has 0 aromatic carbocycles. The molecule has 0 bridgehead atoms. The van der Waals surface area contributed by atoms with Crippen molar-refractivity contribution < 1.29 is 9.59 Å². The molecule has 1 saturated heterocycles. The second-order valence-corrected chi connectivity index (χ2v) is 6.95. The Morgan fingerprint density at radius 1 is 1.42 bits per heavy atom. The van der Waals surface area contributed by atoms with E-state index in [2.05, 4.69) is 10.4 Å². The van der Waals surface area contributed by atoms with Gasteiger partial charge < -0.3 is 16.0 Å². The predicted octanol–water partition coefficient (Wildman–Crippen LogP) is 1.26. The average Bonchev–Trinajstić information content (AvgIpc) is 2.73. The Bertz CT molecular complexity index is 610. The number of carbonyl (C=O) groups is 2. The van der Waals surface area contributed by atoms with Crippen molar-refractivity contribution in [1.29, 1.82) is 0 Å². The number of hydrogen-bond acceptors (Lipinski definition) is 3. The van der Waals surface area contributed by atoms with Crippen molar-refractivity contribution in [3.05, 3.63) is 17.0 Å². The third kappa shape index (κ3) is 4.49. The van der Waals surface area contributed by atoms with Crippen molar-refractivity contribution in [2.45, 2.75) is 52.5 Å². The van der Waals surface area contributed by atoms with Crippen LogP contribution in [0.3, 0.4) is 0 Å². The minimum absolute atomic E-state index is 0.0237. The molecule has 1 aliphatic heterocycles. The number of likely N-dealkylation sites (tertiary alicyclic amines) is 1. The number of piperidine rings is 1. The topological polar surface area (TPSA) is 93.2 Å². The molecule has 24 heavy (non-hydrogen) atoms. The SMILES string of the molecule is Cc1nn(C)c(C)c1C[C@H](C)NC(=O)N1CCC[C@H](CC(N)=O)C1. The Hall–Kier alpha value is -2.05. The molecule has 1 aromatic heterocycles. The number of nitrogens with one attached hydrogen (secondary N) is 1. The summed E-state index contributed by atoms with van der Waals surface area (Å²) in [4.78, 5) is 25.4. The number of nitrogens with zero attached hydrogens (tertiary/aromatic N) is 3. The molecule has 1 aliphatic rings. The lowest BCUT2D eigenvalue weighted by Crippen LogP contribution is -2.48. The summed E-state index contributed by atoms with van der Waals surface area (Å²) in [6, 6.07) is -0.0357. The molecule has 134 valence electrons. The van der Waals surface area contributed by atoms with Gasteiger partial charge in [0.1, 0.15) is 0 Å².